The summed E-state index contributed by atoms with van der Waals surface area (Å²) in [5.74, 6) is -2.93. The Labute approximate surface area is 227 Å². The number of allylic oxidation sites excluding steroid dienone is 6. The summed E-state index contributed by atoms with van der Waals surface area (Å²) in [6.07, 6.45) is 3.86. The molecular formula is C30H24BrNO6. The number of phenolic OH excluding ortho intramolecular Hbond substituents is 1. The van der Waals surface area contributed by atoms with E-state index >= 15 is 0 Å². The number of hydrogen-bond donors (Lipinski definition) is 1. The first-order valence-electron chi connectivity index (χ1n) is 12.5. The number of nitrogens with zero attached hydrogens (tertiary/aromatic N) is 1. The fourth-order valence-corrected chi connectivity index (χ4v) is 6.89. The topological polar surface area (TPSA) is 101 Å². The Morgan fingerprint density at radius 1 is 1.03 bits per heavy atom. The van der Waals surface area contributed by atoms with Gasteiger partial charge < -0.3 is 9.84 Å². The minimum Gasteiger partial charge on any atom is -0.504 e. The lowest BCUT2D eigenvalue weighted by Crippen LogP contribution is -2.39. The van der Waals surface area contributed by atoms with Crippen molar-refractivity contribution in [1.82, 2.24) is 4.90 Å². The van der Waals surface area contributed by atoms with Crippen LogP contribution in [0.2, 0.25) is 0 Å². The zero-order valence-corrected chi connectivity index (χ0v) is 22.1. The molecule has 8 heteroatoms. The fraction of sp³-hybridized carbons (Fsp3) is 0.267. The Morgan fingerprint density at radius 3 is 2.53 bits per heavy atom. The fourth-order valence-electron chi connectivity index (χ4n) is 6.45. The zero-order chi connectivity index (χ0) is 26.7. The predicted octanol–water partition coefficient (Wildman–Crippen LogP) is 4.36. The average molecular weight is 574 g/mol. The molecule has 0 aromatic heterocycles. The summed E-state index contributed by atoms with van der Waals surface area (Å²) in [6.45, 7) is 0.200. The van der Waals surface area contributed by atoms with Crippen LogP contribution in [0.3, 0.4) is 0 Å². The van der Waals surface area contributed by atoms with Crippen LogP contribution in [0.15, 0.2) is 81.9 Å². The van der Waals surface area contributed by atoms with Crippen molar-refractivity contribution in [2.24, 2.45) is 17.8 Å². The molecule has 2 aromatic rings. The largest absolute Gasteiger partial charge is 0.504 e. The number of hydrogen-bond acceptors (Lipinski definition) is 6. The van der Waals surface area contributed by atoms with E-state index in [2.05, 4.69) is 15.9 Å². The van der Waals surface area contributed by atoms with E-state index in [0.717, 1.165) is 11.1 Å². The van der Waals surface area contributed by atoms with Crippen molar-refractivity contribution in [2.45, 2.75) is 25.3 Å². The molecule has 0 bridgehead atoms. The van der Waals surface area contributed by atoms with Crippen molar-refractivity contribution >= 4 is 39.3 Å². The highest BCUT2D eigenvalue weighted by molar-refractivity contribution is 9.12. The van der Waals surface area contributed by atoms with E-state index in [-0.39, 0.29) is 52.3 Å². The van der Waals surface area contributed by atoms with Crippen LogP contribution in [0.1, 0.15) is 29.9 Å². The number of imide groups is 1. The van der Waals surface area contributed by atoms with Crippen LogP contribution in [-0.4, -0.2) is 40.5 Å². The molecule has 0 radical (unpaired) electrons. The number of Topliss-reactive ketones (excluding diaryl/α,β-unsaturated/α-hetero) is 1. The summed E-state index contributed by atoms with van der Waals surface area (Å²) in [4.78, 5) is 55.2. The van der Waals surface area contributed by atoms with Gasteiger partial charge in [0.05, 0.1) is 30.0 Å². The Hall–Kier alpha value is -3.78. The molecule has 38 heavy (non-hydrogen) atoms. The molecule has 0 saturated carbocycles. The molecule has 2 amide bonds. The number of carbonyl (C=O) groups excluding carboxylic acids is 4. The molecule has 1 heterocycles. The number of methoxy groups -OCH3 is 1. The number of likely N-dealkylation sites (tertiary alicyclic amines) is 1. The maximum absolute atomic E-state index is 13.8. The van der Waals surface area contributed by atoms with Gasteiger partial charge in [0.15, 0.2) is 23.1 Å². The molecule has 6 rings (SSSR count). The molecule has 0 spiro atoms. The number of phenols is 1. The number of halogens is 1. The van der Waals surface area contributed by atoms with E-state index in [0.29, 0.717) is 23.1 Å². The summed E-state index contributed by atoms with van der Waals surface area (Å²) in [5.41, 5.74) is 3.14. The highest BCUT2D eigenvalue weighted by Gasteiger charge is 2.56. The van der Waals surface area contributed by atoms with Crippen molar-refractivity contribution < 1.29 is 29.0 Å². The second-order valence-corrected chi connectivity index (χ2v) is 10.9. The molecule has 4 atom stereocenters. The Bertz CT molecular complexity index is 1500. The van der Waals surface area contributed by atoms with Gasteiger partial charge in [-0.1, -0.05) is 48.0 Å². The third kappa shape index (κ3) is 3.69. The molecule has 7 nitrogen and oxygen atoms in total. The van der Waals surface area contributed by atoms with Gasteiger partial charge in [0.25, 0.3) is 0 Å². The van der Waals surface area contributed by atoms with Gasteiger partial charge in [-0.15, -0.1) is 0 Å². The molecule has 4 aliphatic rings. The molecule has 1 aliphatic heterocycles. The number of amides is 2. The van der Waals surface area contributed by atoms with Gasteiger partial charge in [0.2, 0.25) is 11.8 Å². The lowest BCUT2D eigenvalue weighted by Gasteiger charge is -2.42. The number of aromatic hydroxyl groups is 1. The monoisotopic (exact) mass is 573 g/mol. The van der Waals surface area contributed by atoms with E-state index < -0.39 is 23.7 Å². The molecule has 192 valence electrons. The van der Waals surface area contributed by atoms with Crippen LogP contribution in [0, 0.1) is 17.8 Å². The average Bonchev–Trinajstić information content (AvgIpc) is 3.16. The van der Waals surface area contributed by atoms with Gasteiger partial charge in [-0.05, 0) is 57.9 Å². The second kappa shape index (κ2) is 9.20. The summed E-state index contributed by atoms with van der Waals surface area (Å²) < 4.78 is 5.51. The van der Waals surface area contributed by atoms with E-state index in [1.54, 1.807) is 12.1 Å². The summed E-state index contributed by atoms with van der Waals surface area (Å²) in [6, 6.07) is 14.3. The minimum atomic E-state index is -0.616. The van der Waals surface area contributed by atoms with Gasteiger partial charge in [-0.3, -0.25) is 24.1 Å². The molecule has 3 aliphatic carbocycles. The quantitative estimate of drug-likeness (QED) is 0.331. The number of ether oxygens (including phenoxy) is 1. The number of rotatable bonds is 4. The zero-order valence-electron chi connectivity index (χ0n) is 20.5. The van der Waals surface area contributed by atoms with Gasteiger partial charge in [0.1, 0.15) is 0 Å². The van der Waals surface area contributed by atoms with Crippen LogP contribution in [0.25, 0.3) is 0 Å². The van der Waals surface area contributed by atoms with Gasteiger partial charge in [-0.2, -0.15) is 0 Å². The second-order valence-electron chi connectivity index (χ2n) is 10.1. The molecule has 1 N–H and O–H groups in total. The highest BCUT2D eigenvalue weighted by Crippen LogP contribution is 2.55. The van der Waals surface area contributed by atoms with Crippen molar-refractivity contribution in [1.29, 1.82) is 0 Å². The SMILES string of the molecule is COc1cc(C2C3=CCC4C(=O)N(Cc5ccccc5)C(=O)C4C3CC3=C2C(=O)C=C(Br)C3=O)ccc1O. The number of fused-ring (bicyclic) bond motifs is 3. The summed E-state index contributed by atoms with van der Waals surface area (Å²) in [7, 11) is 1.44. The van der Waals surface area contributed by atoms with Crippen molar-refractivity contribution in [3.63, 3.8) is 0 Å². The smallest absolute Gasteiger partial charge is 0.234 e. The predicted molar refractivity (Wildman–Crippen MR) is 141 cm³/mol. The third-order valence-corrected chi connectivity index (χ3v) is 8.73. The van der Waals surface area contributed by atoms with E-state index in [4.69, 9.17) is 4.74 Å². The molecule has 1 saturated heterocycles. The molecular weight excluding hydrogens is 550 g/mol. The Balaban J connectivity index is 1.45. The minimum absolute atomic E-state index is 0.0442. The van der Waals surface area contributed by atoms with E-state index in [9.17, 15) is 24.3 Å². The van der Waals surface area contributed by atoms with Crippen LogP contribution in [0.4, 0.5) is 0 Å². The first-order chi connectivity index (χ1) is 18.3. The molecule has 1 fully saturated rings. The van der Waals surface area contributed by atoms with Crippen LogP contribution in [-0.2, 0) is 25.7 Å². The maximum atomic E-state index is 13.8. The van der Waals surface area contributed by atoms with Crippen LogP contribution >= 0.6 is 15.9 Å². The number of carbonyl (C=O) groups is 4. The molecule has 2 aromatic carbocycles. The lowest BCUT2D eigenvalue weighted by molar-refractivity contribution is -0.140. The highest BCUT2D eigenvalue weighted by atomic mass is 79.9. The van der Waals surface area contributed by atoms with Crippen molar-refractivity contribution in [3.05, 3.63) is 93.0 Å². The van der Waals surface area contributed by atoms with Crippen molar-refractivity contribution in [3.8, 4) is 11.5 Å². The lowest BCUT2D eigenvalue weighted by atomic mass is 9.59. The Kier molecular flexibility index (Phi) is 5.94. The first kappa shape index (κ1) is 24.6. The van der Waals surface area contributed by atoms with Gasteiger partial charge in [-0.25, -0.2) is 0 Å². The van der Waals surface area contributed by atoms with Gasteiger partial charge >= 0.3 is 0 Å². The first-order valence-corrected chi connectivity index (χ1v) is 13.2. The molecule has 4 unspecified atom stereocenters. The number of ketones is 2. The normalized spacial score (nSPS) is 26.5. The maximum Gasteiger partial charge on any atom is 0.234 e. The third-order valence-electron chi connectivity index (χ3n) is 8.14. The number of benzene rings is 2. The van der Waals surface area contributed by atoms with Crippen LogP contribution in [0.5, 0.6) is 11.5 Å². The Morgan fingerprint density at radius 2 is 1.79 bits per heavy atom. The standard InChI is InChI=1S/C30H24BrNO6/c1-38-24-11-16(7-10-22(24)33)25-17-8-9-18-26(19(17)12-20-27(25)23(34)13-21(31)28(20)35)30(37)32(29(18)36)14-15-5-3-2-4-6-15/h2-8,10-11,13,18-19,25-26,33H,9,12,14H2,1H3. The van der Waals surface area contributed by atoms with Gasteiger partial charge in [0, 0.05) is 23.1 Å². The summed E-state index contributed by atoms with van der Waals surface area (Å²) in [5, 5.41) is 10.2. The van der Waals surface area contributed by atoms with Crippen LogP contribution < -0.4 is 4.74 Å². The van der Waals surface area contributed by atoms with E-state index in [1.165, 1.54) is 24.2 Å². The summed E-state index contributed by atoms with van der Waals surface area (Å²) >= 11 is 3.24. The van der Waals surface area contributed by atoms with E-state index in [1.807, 2.05) is 36.4 Å². The van der Waals surface area contributed by atoms with Crippen molar-refractivity contribution in [2.75, 3.05) is 7.11 Å².